The van der Waals surface area contributed by atoms with E-state index in [1.165, 1.54) is 6.20 Å². The van der Waals surface area contributed by atoms with E-state index in [9.17, 15) is 8.42 Å². The molecule has 0 amide bonds. The van der Waals surface area contributed by atoms with E-state index in [1.54, 1.807) is 0 Å². The van der Waals surface area contributed by atoms with Gasteiger partial charge in [-0.25, -0.2) is 18.4 Å². The van der Waals surface area contributed by atoms with Gasteiger partial charge in [-0.2, -0.15) is 0 Å². The van der Waals surface area contributed by atoms with Crippen LogP contribution in [0.3, 0.4) is 0 Å². The van der Waals surface area contributed by atoms with Crippen LogP contribution in [-0.4, -0.2) is 18.4 Å². The molecule has 0 aliphatic carbocycles. The molecule has 0 saturated carbocycles. The van der Waals surface area contributed by atoms with Crippen molar-refractivity contribution in [3.63, 3.8) is 0 Å². The molecule has 2 heterocycles. The van der Waals surface area contributed by atoms with Crippen LogP contribution in [0.4, 0.5) is 0 Å². The molecule has 1 aliphatic rings. The maximum Gasteiger partial charge on any atom is 0.186 e. The topological polar surface area (TPSA) is 59.9 Å². The standard InChI is InChI=1S/C17H12N2O2S/c20-22(21)11-13-8-4-5-9-14(13)16-15(22)10-18-17(19-16)12-6-2-1-3-7-12/h1-10H,11H2. The Labute approximate surface area is 128 Å². The van der Waals surface area contributed by atoms with Crippen LogP contribution in [0.2, 0.25) is 0 Å². The van der Waals surface area contributed by atoms with Gasteiger partial charge in [-0.05, 0) is 5.56 Å². The Morgan fingerprint density at radius 2 is 1.64 bits per heavy atom. The highest BCUT2D eigenvalue weighted by molar-refractivity contribution is 7.90. The molecule has 108 valence electrons. The fourth-order valence-electron chi connectivity index (χ4n) is 2.68. The average Bonchev–Trinajstić information content (AvgIpc) is 2.55. The lowest BCUT2D eigenvalue weighted by Crippen LogP contribution is -2.15. The van der Waals surface area contributed by atoms with Crippen LogP contribution in [0.5, 0.6) is 0 Å². The minimum absolute atomic E-state index is 0.00418. The number of rotatable bonds is 1. The van der Waals surface area contributed by atoms with Gasteiger partial charge in [0.2, 0.25) is 0 Å². The zero-order chi connectivity index (χ0) is 15.2. The van der Waals surface area contributed by atoms with Crippen LogP contribution in [0.25, 0.3) is 22.6 Å². The molecule has 0 atom stereocenters. The molecule has 4 nitrogen and oxygen atoms in total. The van der Waals surface area contributed by atoms with Gasteiger partial charge >= 0.3 is 0 Å². The first-order chi connectivity index (χ1) is 10.6. The molecule has 0 fully saturated rings. The number of nitrogens with zero attached hydrogens (tertiary/aromatic N) is 2. The number of hydrogen-bond acceptors (Lipinski definition) is 4. The molecule has 1 aliphatic heterocycles. The summed E-state index contributed by atoms with van der Waals surface area (Å²) in [5.74, 6) is 0.538. The van der Waals surface area contributed by atoms with Gasteiger partial charge in [0.25, 0.3) is 0 Å². The van der Waals surface area contributed by atoms with Crippen LogP contribution in [0.1, 0.15) is 5.56 Å². The van der Waals surface area contributed by atoms with Crippen molar-refractivity contribution in [2.45, 2.75) is 10.6 Å². The summed E-state index contributed by atoms with van der Waals surface area (Å²) in [6, 6.07) is 17.0. The van der Waals surface area contributed by atoms with E-state index in [4.69, 9.17) is 0 Å². The average molecular weight is 308 g/mol. The second-order valence-corrected chi connectivity index (χ2v) is 7.15. The first-order valence-corrected chi connectivity index (χ1v) is 8.54. The molecule has 0 N–H and O–H groups in total. The van der Waals surface area contributed by atoms with Gasteiger partial charge in [0.1, 0.15) is 4.90 Å². The van der Waals surface area contributed by atoms with Crippen LogP contribution in [0.15, 0.2) is 65.7 Å². The van der Waals surface area contributed by atoms with Crippen molar-refractivity contribution < 1.29 is 8.42 Å². The van der Waals surface area contributed by atoms with E-state index < -0.39 is 9.84 Å². The number of fused-ring (bicyclic) bond motifs is 3. The van der Waals surface area contributed by atoms with E-state index in [0.717, 1.165) is 16.7 Å². The number of sulfone groups is 1. The number of aromatic nitrogens is 2. The SMILES string of the molecule is O=S1(=O)Cc2ccccc2-c2nc(-c3ccccc3)ncc21. The third-order valence-electron chi connectivity index (χ3n) is 3.74. The Balaban J connectivity index is 2.00. The van der Waals surface area contributed by atoms with E-state index in [0.29, 0.717) is 11.5 Å². The highest BCUT2D eigenvalue weighted by atomic mass is 32.2. The fraction of sp³-hybridized carbons (Fsp3) is 0.0588. The lowest BCUT2D eigenvalue weighted by molar-refractivity contribution is 0.593. The normalized spacial score (nSPS) is 14.9. The first-order valence-electron chi connectivity index (χ1n) is 6.89. The van der Waals surface area contributed by atoms with Crippen LogP contribution in [0, 0.1) is 0 Å². The zero-order valence-electron chi connectivity index (χ0n) is 11.6. The molecule has 0 saturated heterocycles. The lowest BCUT2D eigenvalue weighted by Gasteiger charge is -2.19. The third-order valence-corrected chi connectivity index (χ3v) is 5.40. The molecule has 3 aromatic rings. The monoisotopic (exact) mass is 308 g/mol. The Morgan fingerprint density at radius 1 is 0.909 bits per heavy atom. The van der Waals surface area contributed by atoms with Crippen LogP contribution >= 0.6 is 0 Å². The molecule has 0 bridgehead atoms. The van der Waals surface area contributed by atoms with E-state index in [1.807, 2.05) is 54.6 Å². The summed E-state index contributed by atoms with van der Waals surface area (Å²) in [6.45, 7) is 0. The van der Waals surface area contributed by atoms with Gasteiger partial charge in [-0.1, -0.05) is 54.6 Å². The predicted molar refractivity (Wildman–Crippen MR) is 83.8 cm³/mol. The predicted octanol–water partition coefficient (Wildman–Crippen LogP) is 3.10. The van der Waals surface area contributed by atoms with Crippen molar-refractivity contribution in [2.75, 3.05) is 0 Å². The summed E-state index contributed by atoms with van der Waals surface area (Å²) >= 11 is 0. The Hall–Kier alpha value is -2.53. The minimum atomic E-state index is -3.38. The first kappa shape index (κ1) is 13.2. The highest BCUT2D eigenvalue weighted by Gasteiger charge is 2.29. The third kappa shape index (κ3) is 2.02. The van der Waals surface area contributed by atoms with Gasteiger partial charge in [-0.15, -0.1) is 0 Å². The molecule has 1 aromatic heterocycles. The van der Waals surface area contributed by atoms with Crippen molar-refractivity contribution in [1.29, 1.82) is 0 Å². The van der Waals surface area contributed by atoms with Crippen LogP contribution in [-0.2, 0) is 15.6 Å². The summed E-state index contributed by atoms with van der Waals surface area (Å²) in [4.78, 5) is 8.98. The lowest BCUT2D eigenvalue weighted by atomic mass is 10.0. The van der Waals surface area contributed by atoms with Crippen molar-refractivity contribution in [2.24, 2.45) is 0 Å². The zero-order valence-corrected chi connectivity index (χ0v) is 12.4. The van der Waals surface area contributed by atoms with E-state index in [-0.39, 0.29) is 10.6 Å². The molecule has 0 radical (unpaired) electrons. The van der Waals surface area contributed by atoms with Crippen molar-refractivity contribution >= 4 is 9.84 Å². The maximum atomic E-state index is 12.4. The minimum Gasteiger partial charge on any atom is -0.235 e. The Kier molecular flexibility index (Phi) is 2.84. The summed E-state index contributed by atoms with van der Waals surface area (Å²) in [6.07, 6.45) is 1.43. The smallest absolute Gasteiger partial charge is 0.186 e. The molecule has 5 heteroatoms. The quantitative estimate of drug-likeness (QED) is 0.693. The molecular formula is C17H12N2O2S. The van der Waals surface area contributed by atoms with Crippen LogP contribution < -0.4 is 0 Å². The summed E-state index contributed by atoms with van der Waals surface area (Å²) in [5, 5.41) is 0. The molecule has 2 aromatic carbocycles. The summed E-state index contributed by atoms with van der Waals surface area (Å²) in [5.41, 5.74) is 3.01. The molecule has 4 rings (SSSR count). The van der Waals surface area contributed by atoms with Gasteiger partial charge < -0.3 is 0 Å². The largest absolute Gasteiger partial charge is 0.235 e. The summed E-state index contributed by atoms with van der Waals surface area (Å²) in [7, 11) is -3.38. The number of hydrogen-bond donors (Lipinski definition) is 0. The van der Waals surface area contributed by atoms with Crippen molar-refractivity contribution in [1.82, 2.24) is 9.97 Å². The van der Waals surface area contributed by atoms with E-state index >= 15 is 0 Å². The molecule has 22 heavy (non-hydrogen) atoms. The number of benzene rings is 2. The van der Waals surface area contributed by atoms with Crippen molar-refractivity contribution in [3.05, 3.63) is 66.4 Å². The van der Waals surface area contributed by atoms with Gasteiger partial charge in [0.05, 0.1) is 17.6 Å². The van der Waals surface area contributed by atoms with Gasteiger partial charge in [0, 0.05) is 11.1 Å². The maximum absolute atomic E-state index is 12.4. The van der Waals surface area contributed by atoms with Gasteiger partial charge in [0.15, 0.2) is 15.7 Å². The molecular weight excluding hydrogens is 296 g/mol. The van der Waals surface area contributed by atoms with E-state index in [2.05, 4.69) is 9.97 Å². The molecule has 0 unspecified atom stereocenters. The van der Waals surface area contributed by atoms with Gasteiger partial charge in [-0.3, -0.25) is 0 Å². The fourth-order valence-corrected chi connectivity index (χ4v) is 4.16. The summed E-state index contributed by atoms with van der Waals surface area (Å²) < 4.78 is 24.8. The second kappa shape index (κ2) is 4.74. The molecule has 0 spiro atoms. The Morgan fingerprint density at radius 3 is 2.45 bits per heavy atom. The highest BCUT2D eigenvalue weighted by Crippen LogP contribution is 2.36. The Bertz CT molecular complexity index is 967. The van der Waals surface area contributed by atoms with Crippen molar-refractivity contribution in [3.8, 4) is 22.6 Å². The second-order valence-electron chi connectivity index (χ2n) is 5.19.